The molecule has 11 nitrogen and oxygen atoms in total. The van der Waals surface area contributed by atoms with E-state index in [1.807, 2.05) is 43.3 Å². The summed E-state index contributed by atoms with van der Waals surface area (Å²) in [5.74, 6) is -6.35. The third kappa shape index (κ3) is 4.00. The van der Waals surface area contributed by atoms with E-state index < -0.39 is 64.7 Å². The van der Waals surface area contributed by atoms with Gasteiger partial charge >= 0.3 is 6.03 Å². The lowest BCUT2D eigenvalue weighted by atomic mass is 9.49. The van der Waals surface area contributed by atoms with Crippen molar-refractivity contribution in [2.75, 3.05) is 12.5 Å². The number of methoxy groups -OCH3 is 1. The van der Waals surface area contributed by atoms with Gasteiger partial charge in [0.25, 0.3) is 11.8 Å². The first-order valence-electron chi connectivity index (χ1n) is 15.1. The number of amides is 6. The standard InChI is InChI=1S/C35H32N4O7/c1-18-8-10-20(11-9-18)37-39-31(42)26-17-25-22(14-15-24-28(25)32(43)38(30(24)41)34(36)45)29(23-13-12-21(40)16-27(23)46-2)35(26,33(39)44)19-6-4-3-5-7-19/h3-14,16,24-26,28-29,37,40H,15,17H2,1-2H3,(H2,36,45)/t24-,25+,26-,28-,29+,35+/m0/s1. The predicted octanol–water partition coefficient (Wildman–Crippen LogP) is 3.77. The molecule has 6 amide bonds. The number of phenolic OH excluding ortho intramolecular Hbond substituents is 1. The van der Waals surface area contributed by atoms with Crippen molar-refractivity contribution in [3.05, 3.63) is 101 Å². The van der Waals surface area contributed by atoms with Crippen LogP contribution in [0.25, 0.3) is 0 Å². The van der Waals surface area contributed by atoms with Gasteiger partial charge in [0.2, 0.25) is 11.8 Å². The number of benzene rings is 3. The summed E-state index contributed by atoms with van der Waals surface area (Å²) >= 11 is 0. The molecule has 3 fully saturated rings. The molecule has 11 heteroatoms. The van der Waals surface area contributed by atoms with E-state index in [2.05, 4.69) is 5.43 Å². The summed E-state index contributed by atoms with van der Waals surface area (Å²) in [5.41, 5.74) is 10.4. The molecule has 0 spiro atoms. The van der Waals surface area contributed by atoms with E-state index in [0.717, 1.165) is 10.6 Å². The molecule has 0 aromatic heterocycles. The number of nitrogens with one attached hydrogen (secondary N) is 1. The fraction of sp³-hybridized carbons (Fsp3) is 0.286. The minimum absolute atomic E-state index is 0.0545. The van der Waals surface area contributed by atoms with Crippen molar-refractivity contribution in [3.8, 4) is 11.5 Å². The quantitative estimate of drug-likeness (QED) is 0.287. The fourth-order valence-electron chi connectivity index (χ4n) is 8.25. The van der Waals surface area contributed by atoms with Crippen molar-refractivity contribution < 1.29 is 33.8 Å². The largest absolute Gasteiger partial charge is 0.508 e. The van der Waals surface area contributed by atoms with Gasteiger partial charge < -0.3 is 15.6 Å². The van der Waals surface area contributed by atoms with Crippen LogP contribution in [0.4, 0.5) is 10.5 Å². The molecule has 4 aliphatic rings. The van der Waals surface area contributed by atoms with Gasteiger partial charge in [-0.05, 0) is 49.4 Å². The minimum Gasteiger partial charge on any atom is -0.508 e. The molecule has 3 aromatic carbocycles. The summed E-state index contributed by atoms with van der Waals surface area (Å²) in [7, 11) is 1.45. The van der Waals surface area contributed by atoms with Crippen molar-refractivity contribution in [3.63, 3.8) is 0 Å². The molecule has 2 aliphatic carbocycles. The van der Waals surface area contributed by atoms with Crippen LogP contribution >= 0.6 is 0 Å². The molecule has 7 rings (SSSR count). The normalized spacial score (nSPS) is 28.4. The van der Waals surface area contributed by atoms with Gasteiger partial charge in [0.15, 0.2) is 0 Å². The highest BCUT2D eigenvalue weighted by atomic mass is 16.5. The number of likely N-dealkylation sites (tertiary alicyclic amines) is 1. The van der Waals surface area contributed by atoms with E-state index in [1.165, 1.54) is 19.2 Å². The molecule has 0 radical (unpaired) electrons. The summed E-state index contributed by atoms with van der Waals surface area (Å²) < 4.78 is 5.75. The summed E-state index contributed by atoms with van der Waals surface area (Å²) in [5, 5.41) is 11.5. The number of phenols is 1. The lowest BCUT2D eigenvalue weighted by Crippen LogP contribution is -2.53. The highest BCUT2D eigenvalue weighted by Crippen LogP contribution is 2.65. The maximum absolute atomic E-state index is 15.1. The number of hydrogen-bond donors (Lipinski definition) is 3. The number of aryl methyl sites for hydroxylation is 1. The average Bonchev–Trinajstić information content (AvgIpc) is 3.43. The first-order valence-corrected chi connectivity index (χ1v) is 15.1. The van der Waals surface area contributed by atoms with Crippen molar-refractivity contribution in [2.45, 2.75) is 31.1 Å². The SMILES string of the molecule is COc1cc(O)ccc1[C@H]1C2=CC[C@@H]3C(=O)N(C(N)=O)C(=O)[C@@H]3[C@@H]2C[C@H]2C(=O)N(Nc3ccc(C)cc3)C(=O)[C@@]12c1ccccc1. The van der Waals surface area contributed by atoms with Gasteiger partial charge in [-0.1, -0.05) is 65.7 Å². The molecule has 234 valence electrons. The van der Waals surface area contributed by atoms with Crippen molar-refractivity contribution >= 4 is 35.3 Å². The van der Waals surface area contributed by atoms with E-state index in [9.17, 15) is 24.3 Å². The van der Waals surface area contributed by atoms with Crippen LogP contribution in [-0.4, -0.2) is 51.8 Å². The molecular formula is C35H32N4O7. The Balaban J connectivity index is 1.48. The van der Waals surface area contributed by atoms with Gasteiger partial charge in [-0.3, -0.25) is 24.6 Å². The molecule has 0 bridgehead atoms. The lowest BCUT2D eigenvalue weighted by molar-refractivity contribution is -0.139. The van der Waals surface area contributed by atoms with Crippen LogP contribution in [0, 0.1) is 30.6 Å². The first-order chi connectivity index (χ1) is 22.1. The first kappa shape index (κ1) is 29.3. The lowest BCUT2D eigenvalue weighted by Gasteiger charge is -2.50. The van der Waals surface area contributed by atoms with E-state index in [0.29, 0.717) is 33.0 Å². The molecule has 2 heterocycles. The van der Waals surface area contributed by atoms with Crippen LogP contribution in [0.15, 0.2) is 84.4 Å². The molecule has 0 unspecified atom stereocenters. The molecular weight excluding hydrogens is 588 g/mol. The van der Waals surface area contributed by atoms with E-state index in [1.54, 1.807) is 30.3 Å². The third-order valence-electron chi connectivity index (χ3n) is 10.1. The maximum Gasteiger partial charge on any atom is 0.328 e. The number of imide groups is 4. The smallest absolute Gasteiger partial charge is 0.328 e. The Kier molecular flexibility index (Phi) is 6.73. The number of primary amides is 1. The zero-order valence-corrected chi connectivity index (χ0v) is 25.2. The number of allylic oxidation sites excluding steroid dienone is 2. The Morgan fingerprint density at radius 1 is 0.957 bits per heavy atom. The van der Waals surface area contributed by atoms with Gasteiger partial charge in [0.1, 0.15) is 11.5 Å². The number of rotatable bonds is 5. The zero-order chi connectivity index (χ0) is 32.5. The van der Waals surface area contributed by atoms with Crippen LogP contribution in [0.5, 0.6) is 11.5 Å². The Morgan fingerprint density at radius 3 is 2.35 bits per heavy atom. The van der Waals surface area contributed by atoms with Crippen molar-refractivity contribution in [1.82, 2.24) is 9.91 Å². The van der Waals surface area contributed by atoms with Crippen LogP contribution < -0.4 is 15.9 Å². The van der Waals surface area contributed by atoms with E-state index >= 15 is 4.79 Å². The van der Waals surface area contributed by atoms with Crippen LogP contribution in [-0.2, 0) is 24.6 Å². The molecule has 46 heavy (non-hydrogen) atoms. The number of fused-ring (bicyclic) bond motifs is 4. The second-order valence-electron chi connectivity index (χ2n) is 12.4. The van der Waals surface area contributed by atoms with Crippen molar-refractivity contribution in [2.24, 2.45) is 29.4 Å². The second-order valence-corrected chi connectivity index (χ2v) is 12.4. The highest BCUT2D eigenvalue weighted by Gasteiger charge is 2.70. The number of urea groups is 1. The van der Waals surface area contributed by atoms with Gasteiger partial charge in [-0.25, -0.2) is 4.79 Å². The Morgan fingerprint density at radius 2 is 1.67 bits per heavy atom. The molecule has 1 saturated carbocycles. The van der Waals surface area contributed by atoms with Crippen LogP contribution in [0.1, 0.15) is 35.4 Å². The average molecular weight is 621 g/mol. The van der Waals surface area contributed by atoms with Crippen LogP contribution in [0.3, 0.4) is 0 Å². The van der Waals surface area contributed by atoms with Gasteiger partial charge in [-0.15, -0.1) is 0 Å². The topological polar surface area (TPSA) is 159 Å². The molecule has 3 aromatic rings. The number of aromatic hydroxyl groups is 1. The number of hydrazine groups is 1. The third-order valence-corrected chi connectivity index (χ3v) is 10.1. The minimum atomic E-state index is -1.50. The summed E-state index contributed by atoms with van der Waals surface area (Å²) in [6.07, 6.45) is 2.08. The Hall–Kier alpha value is -5.45. The number of hydrogen-bond acceptors (Lipinski definition) is 8. The summed E-state index contributed by atoms with van der Waals surface area (Å²) in [6.45, 7) is 1.93. The highest BCUT2D eigenvalue weighted by molar-refractivity contribution is 6.17. The number of carbonyl (C=O) groups is 5. The molecule has 6 atom stereocenters. The summed E-state index contributed by atoms with van der Waals surface area (Å²) in [4.78, 5) is 69.4. The Bertz CT molecular complexity index is 1840. The molecule has 4 N–H and O–H groups in total. The van der Waals surface area contributed by atoms with Gasteiger partial charge in [0, 0.05) is 17.5 Å². The number of nitrogens with two attached hydrogens (primary N) is 1. The number of carbonyl (C=O) groups excluding carboxylic acids is 5. The van der Waals surface area contributed by atoms with Crippen LogP contribution in [0.2, 0.25) is 0 Å². The number of anilines is 1. The summed E-state index contributed by atoms with van der Waals surface area (Å²) in [6, 6.07) is 19.8. The van der Waals surface area contributed by atoms with Crippen molar-refractivity contribution in [1.29, 1.82) is 0 Å². The molecule has 2 saturated heterocycles. The second kappa shape index (κ2) is 10.6. The van der Waals surface area contributed by atoms with E-state index in [4.69, 9.17) is 10.5 Å². The monoisotopic (exact) mass is 620 g/mol. The Labute approximate surface area is 264 Å². The van der Waals surface area contributed by atoms with Gasteiger partial charge in [0.05, 0.1) is 36.0 Å². The predicted molar refractivity (Wildman–Crippen MR) is 165 cm³/mol. The zero-order valence-electron chi connectivity index (χ0n) is 25.2. The van der Waals surface area contributed by atoms with E-state index in [-0.39, 0.29) is 18.6 Å². The van der Waals surface area contributed by atoms with Gasteiger partial charge in [-0.2, -0.15) is 9.91 Å². The molecule has 2 aliphatic heterocycles. The maximum atomic E-state index is 15.1. The fourth-order valence-corrected chi connectivity index (χ4v) is 8.25. The number of nitrogens with zero attached hydrogens (tertiary/aromatic N) is 2. The number of ether oxygens (including phenoxy) is 1.